The van der Waals surface area contributed by atoms with E-state index in [1.807, 2.05) is 0 Å². The summed E-state index contributed by atoms with van der Waals surface area (Å²) in [7, 11) is 0. The van der Waals surface area contributed by atoms with E-state index in [4.69, 9.17) is 10.8 Å². The topological polar surface area (TPSA) is 102 Å². The van der Waals surface area contributed by atoms with E-state index in [2.05, 4.69) is 0 Å². The Hall–Kier alpha value is -2.63. The lowest BCUT2D eigenvalue weighted by Gasteiger charge is -2.12. The highest BCUT2D eigenvalue weighted by Gasteiger charge is 2.16. The number of hydrogen-bond donors (Lipinski definition) is 2. The van der Waals surface area contributed by atoms with Gasteiger partial charge in [0, 0.05) is 17.0 Å². The third-order valence-corrected chi connectivity index (χ3v) is 3.03. The van der Waals surface area contributed by atoms with Crippen LogP contribution in [0.25, 0.3) is 10.8 Å². The van der Waals surface area contributed by atoms with Gasteiger partial charge >= 0.3 is 5.97 Å². The van der Waals surface area contributed by atoms with Gasteiger partial charge in [0.2, 0.25) is 5.91 Å². The number of nitrogens with two attached hydrogens (primary N) is 1. The van der Waals surface area contributed by atoms with E-state index in [-0.39, 0.29) is 10.9 Å². The number of amides is 1. The number of benzene rings is 1. The number of pyridine rings is 1. The largest absolute Gasteiger partial charge is 0.478 e. The van der Waals surface area contributed by atoms with Crippen molar-refractivity contribution >= 4 is 22.6 Å². The zero-order valence-electron chi connectivity index (χ0n) is 10.2. The van der Waals surface area contributed by atoms with Crippen LogP contribution in [0, 0.1) is 0 Å². The Morgan fingerprint density at radius 3 is 2.53 bits per heavy atom. The summed E-state index contributed by atoms with van der Waals surface area (Å²) in [4.78, 5) is 34.4. The minimum Gasteiger partial charge on any atom is -0.478 e. The maximum absolute atomic E-state index is 12.2. The molecule has 0 aliphatic heterocycles. The van der Waals surface area contributed by atoms with Crippen molar-refractivity contribution in [2.45, 2.75) is 13.0 Å². The van der Waals surface area contributed by atoms with Crippen molar-refractivity contribution in [1.29, 1.82) is 0 Å². The predicted molar refractivity (Wildman–Crippen MR) is 69.1 cm³/mol. The van der Waals surface area contributed by atoms with Gasteiger partial charge in [0.05, 0.1) is 5.56 Å². The van der Waals surface area contributed by atoms with Crippen LogP contribution in [0.2, 0.25) is 0 Å². The van der Waals surface area contributed by atoms with Crippen molar-refractivity contribution in [3.8, 4) is 0 Å². The number of carbonyl (C=O) groups is 2. The summed E-state index contributed by atoms with van der Waals surface area (Å²) in [5.41, 5.74) is 4.78. The van der Waals surface area contributed by atoms with E-state index in [1.165, 1.54) is 42.0 Å². The van der Waals surface area contributed by atoms with Crippen LogP contribution in [-0.2, 0) is 4.79 Å². The maximum Gasteiger partial charge on any atom is 0.336 e. The molecule has 0 fully saturated rings. The molecule has 0 bridgehead atoms. The third kappa shape index (κ3) is 2.08. The summed E-state index contributed by atoms with van der Waals surface area (Å²) in [6, 6.07) is 5.15. The Morgan fingerprint density at radius 1 is 1.26 bits per heavy atom. The van der Waals surface area contributed by atoms with E-state index in [0.717, 1.165) is 0 Å². The summed E-state index contributed by atoms with van der Waals surface area (Å²) < 4.78 is 1.19. The lowest BCUT2D eigenvalue weighted by molar-refractivity contribution is -0.120. The van der Waals surface area contributed by atoms with E-state index in [0.29, 0.717) is 5.39 Å². The molecular formula is C13H12N2O4. The first-order chi connectivity index (χ1) is 8.93. The van der Waals surface area contributed by atoms with Crippen molar-refractivity contribution < 1.29 is 14.7 Å². The van der Waals surface area contributed by atoms with Crippen LogP contribution in [0.4, 0.5) is 0 Å². The molecule has 0 saturated heterocycles. The van der Waals surface area contributed by atoms with E-state index in [1.54, 1.807) is 0 Å². The summed E-state index contributed by atoms with van der Waals surface area (Å²) >= 11 is 0. The fourth-order valence-electron chi connectivity index (χ4n) is 1.92. The monoisotopic (exact) mass is 260 g/mol. The van der Waals surface area contributed by atoms with Gasteiger partial charge in [0.25, 0.3) is 5.56 Å². The number of primary amides is 1. The van der Waals surface area contributed by atoms with Crippen LogP contribution in [0.1, 0.15) is 23.3 Å². The number of aromatic carboxylic acids is 1. The van der Waals surface area contributed by atoms with Gasteiger partial charge < -0.3 is 15.4 Å². The first kappa shape index (κ1) is 12.8. The average molecular weight is 260 g/mol. The summed E-state index contributed by atoms with van der Waals surface area (Å²) in [6.07, 6.45) is 1.38. The minimum atomic E-state index is -1.11. The quantitative estimate of drug-likeness (QED) is 0.849. The third-order valence-electron chi connectivity index (χ3n) is 3.03. The van der Waals surface area contributed by atoms with Gasteiger partial charge in [-0.05, 0) is 25.1 Å². The van der Waals surface area contributed by atoms with Crippen molar-refractivity contribution in [3.05, 3.63) is 46.4 Å². The molecular weight excluding hydrogens is 248 g/mol. The molecule has 19 heavy (non-hydrogen) atoms. The SMILES string of the molecule is C[C@@H](C(N)=O)n1ccc2c(C(=O)O)cccc2c1=O. The normalized spacial score (nSPS) is 12.3. The molecule has 0 radical (unpaired) electrons. The van der Waals surface area contributed by atoms with Crippen LogP contribution in [0.3, 0.4) is 0 Å². The number of aromatic nitrogens is 1. The Balaban J connectivity index is 2.77. The second-order valence-corrected chi connectivity index (χ2v) is 4.18. The summed E-state index contributed by atoms with van der Waals surface area (Å²) in [6.45, 7) is 1.51. The molecule has 2 rings (SSSR count). The Labute approximate surface area is 108 Å². The molecule has 6 heteroatoms. The molecule has 0 unspecified atom stereocenters. The Kier molecular flexibility index (Phi) is 3.08. The van der Waals surface area contributed by atoms with E-state index >= 15 is 0 Å². The first-order valence-electron chi connectivity index (χ1n) is 5.60. The number of nitrogens with zero attached hydrogens (tertiary/aromatic N) is 1. The van der Waals surface area contributed by atoms with Gasteiger partial charge in [0.15, 0.2) is 0 Å². The molecule has 1 atom stereocenters. The van der Waals surface area contributed by atoms with Crippen LogP contribution in [0.15, 0.2) is 35.3 Å². The second-order valence-electron chi connectivity index (χ2n) is 4.18. The zero-order valence-corrected chi connectivity index (χ0v) is 10.2. The van der Waals surface area contributed by atoms with Crippen LogP contribution < -0.4 is 11.3 Å². The molecule has 1 aromatic carbocycles. The predicted octanol–water partition coefficient (Wildman–Crippen LogP) is 0.746. The molecule has 0 saturated carbocycles. The fraction of sp³-hybridized carbons (Fsp3) is 0.154. The van der Waals surface area contributed by atoms with Crippen LogP contribution in [-0.4, -0.2) is 21.6 Å². The number of carbonyl (C=O) groups excluding carboxylic acids is 1. The second kappa shape index (κ2) is 4.56. The first-order valence-corrected chi connectivity index (χ1v) is 5.60. The lowest BCUT2D eigenvalue weighted by Crippen LogP contribution is -2.31. The lowest BCUT2D eigenvalue weighted by atomic mass is 10.1. The zero-order chi connectivity index (χ0) is 14.2. The van der Waals surface area contributed by atoms with Gasteiger partial charge in [-0.25, -0.2) is 4.79 Å². The highest BCUT2D eigenvalue weighted by Crippen LogP contribution is 2.16. The molecule has 2 aromatic rings. The van der Waals surface area contributed by atoms with E-state index < -0.39 is 23.5 Å². The molecule has 1 aromatic heterocycles. The van der Waals surface area contributed by atoms with Crippen molar-refractivity contribution in [2.24, 2.45) is 5.73 Å². The molecule has 0 spiro atoms. The average Bonchev–Trinajstić information content (AvgIpc) is 2.37. The number of carboxylic acid groups (broad SMARTS) is 1. The smallest absolute Gasteiger partial charge is 0.336 e. The molecule has 0 aliphatic rings. The van der Waals surface area contributed by atoms with Crippen molar-refractivity contribution in [1.82, 2.24) is 4.57 Å². The van der Waals surface area contributed by atoms with Gasteiger partial charge in [-0.15, -0.1) is 0 Å². The number of hydrogen-bond acceptors (Lipinski definition) is 3. The Morgan fingerprint density at radius 2 is 1.95 bits per heavy atom. The van der Waals surface area contributed by atoms with E-state index in [9.17, 15) is 14.4 Å². The van der Waals surface area contributed by atoms with Gasteiger partial charge in [-0.3, -0.25) is 9.59 Å². The molecule has 1 amide bonds. The van der Waals surface area contributed by atoms with Crippen molar-refractivity contribution in [3.63, 3.8) is 0 Å². The van der Waals surface area contributed by atoms with Crippen molar-refractivity contribution in [2.75, 3.05) is 0 Å². The van der Waals surface area contributed by atoms with Gasteiger partial charge in [-0.1, -0.05) is 6.07 Å². The summed E-state index contributed by atoms with van der Waals surface area (Å²) in [5, 5.41) is 9.64. The molecule has 1 heterocycles. The number of fused-ring (bicyclic) bond motifs is 1. The molecule has 3 N–H and O–H groups in total. The minimum absolute atomic E-state index is 0.0495. The van der Waals surface area contributed by atoms with Crippen LogP contribution >= 0.6 is 0 Å². The molecule has 0 aliphatic carbocycles. The van der Waals surface area contributed by atoms with Crippen LogP contribution in [0.5, 0.6) is 0 Å². The number of rotatable bonds is 3. The highest BCUT2D eigenvalue weighted by atomic mass is 16.4. The van der Waals surface area contributed by atoms with Gasteiger partial charge in [0.1, 0.15) is 6.04 Å². The maximum atomic E-state index is 12.2. The fourth-order valence-corrected chi connectivity index (χ4v) is 1.92. The van der Waals surface area contributed by atoms with Gasteiger partial charge in [-0.2, -0.15) is 0 Å². The Bertz CT molecular complexity index is 733. The summed E-state index contributed by atoms with van der Waals surface area (Å²) in [5.74, 6) is -1.73. The standard InChI is InChI=1S/C13H12N2O4/c1-7(11(14)16)15-6-5-8-9(12(15)17)3-2-4-10(8)13(18)19/h2-7H,1H3,(H2,14,16)(H,18,19)/t7-/m0/s1. The molecule has 98 valence electrons. The highest BCUT2D eigenvalue weighted by molar-refractivity contribution is 6.03. The number of carboxylic acids is 1. The molecule has 6 nitrogen and oxygen atoms in total.